The molecule has 0 aromatic carbocycles. The maximum absolute atomic E-state index is 8.81. The van der Waals surface area contributed by atoms with E-state index in [0.717, 1.165) is 17.4 Å². The molecule has 0 fully saturated rings. The van der Waals surface area contributed by atoms with Crippen molar-refractivity contribution in [2.24, 2.45) is 0 Å². The standard InChI is InChI=1S/C8H9N.C2H4O/c1-7(2)8-3-5-9-6-4-8;1-2-3/h3-6H,1H2,2H3;2H,1H3. The van der Waals surface area contributed by atoms with Gasteiger partial charge >= 0.3 is 0 Å². The fourth-order valence-corrected chi connectivity index (χ4v) is 0.636. The molecule has 0 bridgehead atoms. The number of hydrogen-bond acceptors (Lipinski definition) is 2. The van der Waals surface area contributed by atoms with Gasteiger partial charge in [0.2, 0.25) is 0 Å². The number of carbonyl (C=O) groups is 1. The zero-order valence-corrected chi connectivity index (χ0v) is 7.45. The van der Waals surface area contributed by atoms with E-state index in [4.69, 9.17) is 4.79 Å². The lowest BCUT2D eigenvalue weighted by Crippen LogP contribution is -1.75. The molecule has 0 radical (unpaired) electrons. The minimum Gasteiger partial charge on any atom is -0.304 e. The lowest BCUT2D eigenvalue weighted by Gasteiger charge is -1.94. The van der Waals surface area contributed by atoms with E-state index in [2.05, 4.69) is 11.6 Å². The van der Waals surface area contributed by atoms with Gasteiger partial charge in [0.25, 0.3) is 0 Å². The molecule has 0 spiro atoms. The molecule has 2 heteroatoms. The first-order chi connectivity index (χ1) is 5.72. The van der Waals surface area contributed by atoms with Crippen molar-refractivity contribution in [3.63, 3.8) is 0 Å². The van der Waals surface area contributed by atoms with Gasteiger partial charge < -0.3 is 4.79 Å². The van der Waals surface area contributed by atoms with Crippen molar-refractivity contribution >= 4 is 11.9 Å². The summed E-state index contributed by atoms with van der Waals surface area (Å²) in [7, 11) is 0. The summed E-state index contributed by atoms with van der Waals surface area (Å²) in [6, 6.07) is 3.89. The van der Waals surface area contributed by atoms with Gasteiger partial charge in [0.15, 0.2) is 0 Å². The van der Waals surface area contributed by atoms with Crippen LogP contribution in [0.5, 0.6) is 0 Å². The highest BCUT2D eigenvalue weighted by Gasteiger charge is 1.86. The summed E-state index contributed by atoms with van der Waals surface area (Å²) in [5, 5.41) is 0. The van der Waals surface area contributed by atoms with Crippen LogP contribution < -0.4 is 0 Å². The number of aromatic nitrogens is 1. The third-order valence-electron chi connectivity index (χ3n) is 1.17. The van der Waals surface area contributed by atoms with E-state index < -0.39 is 0 Å². The molecule has 1 rings (SSSR count). The normalized spacial score (nSPS) is 7.83. The van der Waals surface area contributed by atoms with Crippen LogP contribution in [0.15, 0.2) is 31.1 Å². The Morgan fingerprint density at radius 2 is 1.92 bits per heavy atom. The number of aldehydes is 1. The molecular formula is C10H13NO. The van der Waals surface area contributed by atoms with Crippen LogP contribution in [-0.4, -0.2) is 11.3 Å². The molecule has 0 aliphatic carbocycles. The third kappa shape index (κ3) is 4.39. The lowest BCUT2D eigenvalue weighted by molar-refractivity contribution is -0.106. The second-order valence-electron chi connectivity index (χ2n) is 2.25. The maximum Gasteiger partial charge on any atom is 0.116 e. The Morgan fingerprint density at radius 3 is 2.17 bits per heavy atom. The van der Waals surface area contributed by atoms with Crippen LogP contribution in [0, 0.1) is 0 Å². The van der Waals surface area contributed by atoms with Crippen LogP contribution in [0.4, 0.5) is 0 Å². The van der Waals surface area contributed by atoms with Gasteiger partial charge in [0.05, 0.1) is 0 Å². The average Bonchev–Trinajstić information content (AvgIpc) is 2.07. The van der Waals surface area contributed by atoms with Crippen LogP contribution in [0.25, 0.3) is 5.57 Å². The Bertz CT molecular complexity index is 241. The van der Waals surface area contributed by atoms with Crippen molar-refractivity contribution in [2.75, 3.05) is 0 Å². The summed E-state index contributed by atoms with van der Waals surface area (Å²) in [5.74, 6) is 0. The van der Waals surface area contributed by atoms with Crippen molar-refractivity contribution in [1.82, 2.24) is 4.98 Å². The summed E-state index contributed by atoms with van der Waals surface area (Å²) in [4.78, 5) is 12.7. The predicted octanol–water partition coefficient (Wildman–Crippen LogP) is 2.32. The van der Waals surface area contributed by atoms with Gasteiger partial charge in [-0.05, 0) is 31.5 Å². The molecule has 12 heavy (non-hydrogen) atoms. The number of carbonyl (C=O) groups excluding carboxylic acids is 1. The van der Waals surface area contributed by atoms with Crippen molar-refractivity contribution in [1.29, 1.82) is 0 Å². The van der Waals surface area contributed by atoms with Crippen LogP contribution in [0.1, 0.15) is 19.4 Å². The van der Waals surface area contributed by atoms with Gasteiger partial charge in [-0.2, -0.15) is 0 Å². The summed E-state index contributed by atoms with van der Waals surface area (Å²) in [6.45, 7) is 7.22. The Labute approximate surface area is 73.0 Å². The average molecular weight is 163 g/mol. The van der Waals surface area contributed by atoms with Crippen LogP contribution in [0.3, 0.4) is 0 Å². The first kappa shape index (κ1) is 10.6. The molecule has 1 aromatic rings. The van der Waals surface area contributed by atoms with E-state index in [0.29, 0.717) is 0 Å². The summed E-state index contributed by atoms with van der Waals surface area (Å²) < 4.78 is 0. The first-order valence-electron chi connectivity index (χ1n) is 3.68. The highest BCUT2D eigenvalue weighted by molar-refractivity contribution is 5.60. The van der Waals surface area contributed by atoms with Crippen molar-refractivity contribution < 1.29 is 4.79 Å². The minimum absolute atomic E-state index is 0.750. The second-order valence-corrected chi connectivity index (χ2v) is 2.25. The Hall–Kier alpha value is -1.44. The molecule has 2 nitrogen and oxygen atoms in total. The van der Waals surface area contributed by atoms with Crippen molar-refractivity contribution in [2.45, 2.75) is 13.8 Å². The summed E-state index contributed by atoms with van der Waals surface area (Å²) >= 11 is 0. The van der Waals surface area contributed by atoms with E-state index in [1.165, 1.54) is 6.92 Å². The predicted molar refractivity (Wildman–Crippen MR) is 50.7 cm³/mol. The topological polar surface area (TPSA) is 30.0 Å². The highest BCUT2D eigenvalue weighted by atomic mass is 16.1. The highest BCUT2D eigenvalue weighted by Crippen LogP contribution is 2.07. The molecule has 0 amide bonds. The molecule has 0 aliphatic rings. The number of allylic oxidation sites excluding steroid dienone is 1. The number of pyridine rings is 1. The van der Waals surface area contributed by atoms with E-state index in [1.807, 2.05) is 19.1 Å². The monoisotopic (exact) mass is 163 g/mol. The van der Waals surface area contributed by atoms with Gasteiger partial charge in [-0.1, -0.05) is 12.2 Å². The number of hydrogen-bond donors (Lipinski definition) is 0. The van der Waals surface area contributed by atoms with Crippen molar-refractivity contribution in [3.8, 4) is 0 Å². The van der Waals surface area contributed by atoms with Gasteiger partial charge in [0, 0.05) is 12.4 Å². The number of rotatable bonds is 1. The largest absolute Gasteiger partial charge is 0.304 e. The lowest BCUT2D eigenvalue weighted by atomic mass is 10.1. The fraction of sp³-hybridized carbons (Fsp3) is 0.200. The molecule has 0 saturated heterocycles. The van der Waals surface area contributed by atoms with Crippen LogP contribution in [-0.2, 0) is 4.79 Å². The summed E-state index contributed by atoms with van der Waals surface area (Å²) in [5.41, 5.74) is 2.24. The van der Waals surface area contributed by atoms with Crippen LogP contribution in [0.2, 0.25) is 0 Å². The fourth-order valence-electron chi connectivity index (χ4n) is 0.636. The molecule has 0 unspecified atom stereocenters. The zero-order chi connectivity index (χ0) is 9.40. The maximum atomic E-state index is 8.81. The summed E-state index contributed by atoms with van der Waals surface area (Å²) in [6.07, 6.45) is 4.29. The zero-order valence-electron chi connectivity index (χ0n) is 7.45. The number of nitrogens with zero attached hydrogens (tertiary/aromatic N) is 1. The van der Waals surface area contributed by atoms with Gasteiger partial charge in [-0.15, -0.1) is 0 Å². The van der Waals surface area contributed by atoms with Gasteiger partial charge in [-0.25, -0.2) is 0 Å². The molecule has 0 saturated carbocycles. The quantitative estimate of drug-likeness (QED) is 0.595. The molecule has 0 aliphatic heterocycles. The Kier molecular flexibility index (Phi) is 5.53. The van der Waals surface area contributed by atoms with E-state index in [9.17, 15) is 0 Å². The smallest absolute Gasteiger partial charge is 0.116 e. The van der Waals surface area contributed by atoms with E-state index in [1.54, 1.807) is 12.4 Å². The van der Waals surface area contributed by atoms with Crippen LogP contribution >= 0.6 is 0 Å². The SMILES string of the molecule is C=C(C)c1ccncc1.CC=O. The van der Waals surface area contributed by atoms with E-state index >= 15 is 0 Å². The molecule has 0 N–H and O–H groups in total. The molecule has 1 aromatic heterocycles. The Balaban J connectivity index is 0.000000354. The molecule has 64 valence electrons. The van der Waals surface area contributed by atoms with Gasteiger partial charge in [-0.3, -0.25) is 4.98 Å². The minimum atomic E-state index is 0.750. The van der Waals surface area contributed by atoms with Crippen molar-refractivity contribution in [3.05, 3.63) is 36.7 Å². The third-order valence-corrected chi connectivity index (χ3v) is 1.17. The second kappa shape index (κ2) is 6.28. The molecule has 1 heterocycles. The molecule has 0 atom stereocenters. The molecular weight excluding hydrogens is 150 g/mol. The first-order valence-corrected chi connectivity index (χ1v) is 3.68. The van der Waals surface area contributed by atoms with E-state index in [-0.39, 0.29) is 0 Å². The Morgan fingerprint density at radius 1 is 1.50 bits per heavy atom. The van der Waals surface area contributed by atoms with Gasteiger partial charge in [0.1, 0.15) is 6.29 Å².